The van der Waals surface area contributed by atoms with Gasteiger partial charge in [0.25, 0.3) is 0 Å². The van der Waals surface area contributed by atoms with E-state index in [1.807, 2.05) is 11.8 Å². The van der Waals surface area contributed by atoms with E-state index in [0.717, 1.165) is 13.0 Å². The molecular formula is C8H14N2O. The first-order chi connectivity index (χ1) is 5.24. The Morgan fingerprint density at radius 1 is 1.73 bits per heavy atom. The molecular weight excluding hydrogens is 140 g/mol. The van der Waals surface area contributed by atoms with Crippen LogP contribution >= 0.6 is 0 Å². The van der Waals surface area contributed by atoms with Crippen molar-refractivity contribution in [3.63, 3.8) is 0 Å². The lowest BCUT2D eigenvalue weighted by Crippen LogP contribution is -2.42. The molecule has 3 nitrogen and oxygen atoms in total. The molecule has 3 heteroatoms. The van der Waals surface area contributed by atoms with Gasteiger partial charge in [-0.15, -0.1) is 0 Å². The first-order valence-corrected chi connectivity index (χ1v) is 4.01. The molecule has 2 atom stereocenters. The molecule has 2 unspecified atom stereocenters. The van der Waals surface area contributed by atoms with Gasteiger partial charge in [-0.05, 0) is 18.9 Å². The number of hydrogen-bond donors (Lipinski definition) is 1. The highest BCUT2D eigenvalue weighted by molar-refractivity contribution is 4.83. The average molecular weight is 154 g/mol. The van der Waals surface area contributed by atoms with E-state index in [1.165, 1.54) is 0 Å². The molecule has 1 N–H and O–H groups in total. The second-order valence-corrected chi connectivity index (χ2v) is 3.23. The molecule has 1 fully saturated rings. The second-order valence-electron chi connectivity index (χ2n) is 3.23. The van der Waals surface area contributed by atoms with Crippen molar-refractivity contribution in [1.29, 1.82) is 5.26 Å². The number of β-amino-alcohol motifs (C(OH)–C–C–N with tert-alkyl or cyclic N) is 1. The number of rotatable bonds is 1. The summed E-state index contributed by atoms with van der Waals surface area (Å²) in [4.78, 5) is 1.99. The fourth-order valence-corrected chi connectivity index (χ4v) is 1.36. The van der Waals surface area contributed by atoms with Gasteiger partial charge in [-0.3, -0.25) is 4.90 Å². The first kappa shape index (κ1) is 8.51. The van der Waals surface area contributed by atoms with Crippen LogP contribution in [0.15, 0.2) is 0 Å². The van der Waals surface area contributed by atoms with Crippen molar-refractivity contribution in [2.45, 2.75) is 19.4 Å². The maximum absolute atomic E-state index is 9.42. The van der Waals surface area contributed by atoms with Crippen molar-refractivity contribution < 1.29 is 5.11 Å². The summed E-state index contributed by atoms with van der Waals surface area (Å²) in [5, 5.41) is 17.8. The Kier molecular flexibility index (Phi) is 2.86. The molecule has 0 aliphatic carbocycles. The zero-order valence-corrected chi connectivity index (χ0v) is 6.82. The maximum Gasteiger partial charge on any atom is 0.0866 e. The second kappa shape index (κ2) is 3.70. The van der Waals surface area contributed by atoms with Gasteiger partial charge < -0.3 is 5.11 Å². The van der Waals surface area contributed by atoms with Crippen molar-refractivity contribution >= 4 is 0 Å². The molecule has 1 rings (SSSR count). The summed E-state index contributed by atoms with van der Waals surface area (Å²) < 4.78 is 0. The molecule has 1 aliphatic rings. The van der Waals surface area contributed by atoms with Gasteiger partial charge in [-0.1, -0.05) is 6.92 Å². The topological polar surface area (TPSA) is 47.3 Å². The van der Waals surface area contributed by atoms with Crippen molar-refractivity contribution in [2.75, 3.05) is 19.6 Å². The van der Waals surface area contributed by atoms with Gasteiger partial charge in [0, 0.05) is 6.54 Å². The Labute approximate surface area is 67.2 Å². The van der Waals surface area contributed by atoms with Crippen LogP contribution in [0, 0.1) is 17.2 Å². The monoisotopic (exact) mass is 154 g/mol. The number of hydrogen-bond acceptors (Lipinski definition) is 3. The van der Waals surface area contributed by atoms with Gasteiger partial charge in [0.05, 0.1) is 18.7 Å². The molecule has 0 aromatic heterocycles. The maximum atomic E-state index is 9.42. The normalized spacial score (nSPS) is 33.2. The molecule has 0 radical (unpaired) electrons. The van der Waals surface area contributed by atoms with Crippen LogP contribution in [-0.4, -0.2) is 35.7 Å². The Balaban J connectivity index is 2.35. The van der Waals surface area contributed by atoms with Crippen molar-refractivity contribution in [3.8, 4) is 6.07 Å². The fraction of sp³-hybridized carbons (Fsp3) is 0.875. The molecule has 0 bridgehead atoms. The summed E-state index contributed by atoms with van der Waals surface area (Å²) in [6, 6.07) is 2.09. The molecule has 0 aromatic rings. The van der Waals surface area contributed by atoms with Crippen LogP contribution in [0.5, 0.6) is 0 Å². The molecule has 0 spiro atoms. The lowest BCUT2D eigenvalue weighted by atomic mass is 9.96. The van der Waals surface area contributed by atoms with E-state index < -0.39 is 0 Å². The predicted octanol–water partition coefficient (Wildman–Crippen LogP) is 0.213. The summed E-state index contributed by atoms with van der Waals surface area (Å²) in [5.41, 5.74) is 0. The largest absolute Gasteiger partial charge is 0.392 e. The van der Waals surface area contributed by atoms with Crippen LogP contribution in [0.2, 0.25) is 0 Å². The highest BCUT2D eigenvalue weighted by Gasteiger charge is 2.23. The standard InChI is InChI=1S/C8H14N2O/c1-7-2-4-10(5-3-9)6-8(7)11/h7-8,11H,2,4-6H2,1H3. The summed E-state index contributed by atoms with van der Waals surface area (Å²) in [6.07, 6.45) is 0.764. The van der Waals surface area contributed by atoms with Gasteiger partial charge >= 0.3 is 0 Å². The Hall–Kier alpha value is -0.590. The van der Waals surface area contributed by atoms with Gasteiger partial charge in [-0.25, -0.2) is 0 Å². The zero-order chi connectivity index (χ0) is 8.27. The van der Waals surface area contributed by atoms with E-state index in [1.54, 1.807) is 0 Å². The summed E-state index contributed by atoms with van der Waals surface area (Å²) in [6.45, 7) is 4.11. The van der Waals surface area contributed by atoms with E-state index in [2.05, 4.69) is 6.07 Å². The molecule has 0 saturated carbocycles. The highest BCUT2D eigenvalue weighted by Crippen LogP contribution is 2.15. The summed E-state index contributed by atoms with van der Waals surface area (Å²) in [5.74, 6) is 0.393. The van der Waals surface area contributed by atoms with E-state index >= 15 is 0 Å². The van der Waals surface area contributed by atoms with Crippen LogP contribution in [0.3, 0.4) is 0 Å². The van der Waals surface area contributed by atoms with Gasteiger partial charge in [-0.2, -0.15) is 5.26 Å². The van der Waals surface area contributed by atoms with E-state index in [-0.39, 0.29) is 6.10 Å². The number of likely N-dealkylation sites (tertiary alicyclic amines) is 1. The highest BCUT2D eigenvalue weighted by atomic mass is 16.3. The quantitative estimate of drug-likeness (QED) is 0.549. The number of nitrogens with zero attached hydrogens (tertiary/aromatic N) is 2. The minimum Gasteiger partial charge on any atom is -0.392 e. The Morgan fingerprint density at radius 3 is 3.00 bits per heavy atom. The lowest BCUT2D eigenvalue weighted by molar-refractivity contribution is 0.0349. The van der Waals surface area contributed by atoms with Gasteiger partial charge in [0.1, 0.15) is 0 Å². The van der Waals surface area contributed by atoms with Gasteiger partial charge in [0.15, 0.2) is 0 Å². The molecule has 62 valence electrons. The third-order valence-corrected chi connectivity index (χ3v) is 2.30. The van der Waals surface area contributed by atoms with E-state index in [4.69, 9.17) is 5.26 Å². The van der Waals surface area contributed by atoms with E-state index in [0.29, 0.717) is 19.0 Å². The average Bonchev–Trinajstić information content (AvgIpc) is 1.98. The first-order valence-electron chi connectivity index (χ1n) is 4.01. The number of aliphatic hydroxyl groups is 1. The van der Waals surface area contributed by atoms with Crippen LogP contribution in [0.4, 0.5) is 0 Å². The van der Waals surface area contributed by atoms with E-state index in [9.17, 15) is 5.11 Å². The fourth-order valence-electron chi connectivity index (χ4n) is 1.36. The molecule has 1 aliphatic heterocycles. The molecule has 1 heterocycles. The Bertz CT molecular complexity index is 164. The third kappa shape index (κ3) is 2.18. The van der Waals surface area contributed by atoms with Crippen LogP contribution in [0.1, 0.15) is 13.3 Å². The lowest BCUT2D eigenvalue weighted by Gasteiger charge is -2.32. The zero-order valence-electron chi connectivity index (χ0n) is 6.82. The SMILES string of the molecule is CC1CCN(CC#N)CC1O. The smallest absolute Gasteiger partial charge is 0.0866 e. The molecule has 0 amide bonds. The third-order valence-electron chi connectivity index (χ3n) is 2.30. The van der Waals surface area contributed by atoms with Crippen molar-refractivity contribution in [1.82, 2.24) is 4.90 Å². The van der Waals surface area contributed by atoms with Gasteiger partial charge in [0.2, 0.25) is 0 Å². The van der Waals surface area contributed by atoms with Crippen LogP contribution in [-0.2, 0) is 0 Å². The molecule has 11 heavy (non-hydrogen) atoms. The summed E-state index contributed by atoms with van der Waals surface area (Å²) >= 11 is 0. The molecule has 1 saturated heterocycles. The number of aliphatic hydroxyl groups excluding tert-OH is 1. The van der Waals surface area contributed by atoms with Crippen LogP contribution in [0.25, 0.3) is 0 Å². The summed E-state index contributed by atoms with van der Waals surface area (Å²) in [7, 11) is 0. The minimum atomic E-state index is -0.239. The number of piperidine rings is 1. The van der Waals surface area contributed by atoms with Crippen molar-refractivity contribution in [2.24, 2.45) is 5.92 Å². The predicted molar refractivity (Wildman–Crippen MR) is 41.8 cm³/mol. The molecule has 0 aromatic carbocycles. The van der Waals surface area contributed by atoms with Crippen LogP contribution < -0.4 is 0 Å². The number of nitriles is 1. The van der Waals surface area contributed by atoms with Crippen molar-refractivity contribution in [3.05, 3.63) is 0 Å². The Morgan fingerprint density at radius 2 is 2.45 bits per heavy atom. The minimum absolute atomic E-state index is 0.239.